The van der Waals surface area contributed by atoms with E-state index in [1.807, 2.05) is 6.92 Å². The van der Waals surface area contributed by atoms with E-state index in [4.69, 9.17) is 0 Å². The molecule has 1 atom stereocenters. The third-order valence-electron chi connectivity index (χ3n) is 2.82. The molecule has 1 amide bonds. The Morgan fingerprint density at radius 1 is 1.33 bits per heavy atom. The molecule has 7 heteroatoms. The topological polar surface area (TPSA) is 67.0 Å². The van der Waals surface area contributed by atoms with E-state index < -0.39 is 6.61 Å². The zero-order chi connectivity index (χ0) is 15.4. The van der Waals surface area contributed by atoms with Crippen LogP contribution in [0.4, 0.5) is 8.78 Å². The van der Waals surface area contributed by atoms with Crippen LogP contribution in [0.2, 0.25) is 0 Å². The molecule has 0 bridgehead atoms. The third-order valence-corrected chi connectivity index (χ3v) is 2.82. The number of H-pyrrole nitrogens is 1. The number of aromatic amines is 1. The van der Waals surface area contributed by atoms with Crippen molar-refractivity contribution >= 4 is 5.91 Å². The van der Waals surface area contributed by atoms with Crippen LogP contribution >= 0.6 is 0 Å². The highest BCUT2D eigenvalue weighted by Gasteiger charge is 2.14. The Labute approximate surface area is 120 Å². The first-order valence-corrected chi connectivity index (χ1v) is 6.33. The lowest BCUT2D eigenvalue weighted by Gasteiger charge is -2.12. The summed E-state index contributed by atoms with van der Waals surface area (Å²) in [6.45, 7) is 0.781. The summed E-state index contributed by atoms with van der Waals surface area (Å²) >= 11 is 0. The van der Waals surface area contributed by atoms with Gasteiger partial charge in [-0.2, -0.15) is 8.78 Å². The lowest BCUT2D eigenvalue weighted by atomic mass is 10.2. The molecule has 0 fully saturated rings. The average molecular weight is 295 g/mol. The van der Waals surface area contributed by atoms with E-state index in [2.05, 4.69) is 20.0 Å². The Kier molecular flexibility index (Phi) is 4.52. The molecular weight excluding hydrogens is 280 g/mol. The van der Waals surface area contributed by atoms with E-state index in [1.165, 1.54) is 24.3 Å². The number of benzene rings is 1. The number of imidazole rings is 1. The van der Waals surface area contributed by atoms with Crippen molar-refractivity contribution in [2.45, 2.75) is 26.5 Å². The van der Waals surface area contributed by atoms with Crippen molar-refractivity contribution in [3.05, 3.63) is 47.5 Å². The van der Waals surface area contributed by atoms with Crippen LogP contribution in [0.1, 0.15) is 34.8 Å². The fourth-order valence-electron chi connectivity index (χ4n) is 1.79. The van der Waals surface area contributed by atoms with Crippen molar-refractivity contribution in [3.8, 4) is 5.75 Å². The number of carbonyl (C=O) groups is 1. The van der Waals surface area contributed by atoms with Crippen LogP contribution in [0, 0.1) is 6.92 Å². The number of rotatable bonds is 5. The van der Waals surface area contributed by atoms with Crippen LogP contribution in [-0.4, -0.2) is 22.5 Å². The summed E-state index contributed by atoms with van der Waals surface area (Å²) < 4.78 is 28.3. The van der Waals surface area contributed by atoms with E-state index in [1.54, 1.807) is 13.1 Å². The number of carbonyl (C=O) groups excluding carboxylic acids is 1. The van der Waals surface area contributed by atoms with Crippen LogP contribution in [-0.2, 0) is 0 Å². The van der Waals surface area contributed by atoms with Crippen LogP contribution in [0.25, 0.3) is 0 Å². The second kappa shape index (κ2) is 6.34. The molecule has 1 unspecified atom stereocenters. The molecule has 21 heavy (non-hydrogen) atoms. The van der Waals surface area contributed by atoms with Gasteiger partial charge in [0.05, 0.1) is 6.04 Å². The molecule has 0 saturated carbocycles. The van der Waals surface area contributed by atoms with Crippen LogP contribution in [0.5, 0.6) is 5.75 Å². The van der Waals surface area contributed by atoms with Crippen molar-refractivity contribution in [1.82, 2.24) is 15.3 Å². The number of halogens is 2. The van der Waals surface area contributed by atoms with Gasteiger partial charge in [-0.05, 0) is 38.1 Å². The summed E-state index contributed by atoms with van der Waals surface area (Å²) in [6.07, 6.45) is 1.68. The van der Waals surface area contributed by atoms with Gasteiger partial charge < -0.3 is 15.0 Å². The van der Waals surface area contributed by atoms with Crippen molar-refractivity contribution in [1.29, 1.82) is 0 Å². The van der Waals surface area contributed by atoms with E-state index in [0.717, 1.165) is 5.69 Å². The van der Waals surface area contributed by atoms with Gasteiger partial charge in [0.15, 0.2) is 0 Å². The third kappa shape index (κ3) is 4.01. The first-order valence-electron chi connectivity index (χ1n) is 6.33. The molecule has 112 valence electrons. The molecule has 0 aliphatic heterocycles. The number of aryl methyl sites for hydroxylation is 1. The maximum absolute atomic E-state index is 12.0. The number of amides is 1. The van der Waals surface area contributed by atoms with E-state index in [9.17, 15) is 13.6 Å². The summed E-state index contributed by atoms with van der Waals surface area (Å²) in [4.78, 5) is 19.2. The summed E-state index contributed by atoms with van der Waals surface area (Å²) in [5, 5.41) is 2.76. The summed E-state index contributed by atoms with van der Waals surface area (Å²) in [5.74, 6) is 0.343. The van der Waals surface area contributed by atoms with Gasteiger partial charge in [-0.25, -0.2) is 4.98 Å². The molecule has 2 rings (SSSR count). The predicted molar refractivity (Wildman–Crippen MR) is 72.3 cm³/mol. The van der Waals surface area contributed by atoms with Gasteiger partial charge >= 0.3 is 6.61 Å². The fourth-order valence-corrected chi connectivity index (χ4v) is 1.79. The number of nitrogens with one attached hydrogen (secondary N) is 2. The average Bonchev–Trinajstić information content (AvgIpc) is 2.85. The Morgan fingerprint density at radius 3 is 2.52 bits per heavy atom. The lowest BCUT2D eigenvalue weighted by molar-refractivity contribution is -0.0498. The standard InChI is InChI=1S/C14H15F2N3O2/c1-8-7-17-12(18-8)9(2)19-13(20)10-3-5-11(6-4-10)21-14(15)16/h3-7,9,14H,1-2H3,(H,17,18)(H,19,20). The minimum Gasteiger partial charge on any atom is -0.435 e. The van der Waals surface area contributed by atoms with Crippen LogP contribution in [0.3, 0.4) is 0 Å². The van der Waals surface area contributed by atoms with Gasteiger partial charge in [-0.15, -0.1) is 0 Å². The van der Waals surface area contributed by atoms with Crippen molar-refractivity contribution in [2.24, 2.45) is 0 Å². The van der Waals surface area contributed by atoms with Gasteiger partial charge in [0.2, 0.25) is 0 Å². The number of hydrogen-bond acceptors (Lipinski definition) is 3. The maximum atomic E-state index is 12.0. The fraction of sp³-hybridized carbons (Fsp3) is 0.286. The highest BCUT2D eigenvalue weighted by Crippen LogP contribution is 2.16. The molecule has 0 spiro atoms. The molecule has 5 nitrogen and oxygen atoms in total. The van der Waals surface area contributed by atoms with Gasteiger partial charge in [0, 0.05) is 17.5 Å². The molecule has 1 heterocycles. The zero-order valence-electron chi connectivity index (χ0n) is 11.6. The summed E-state index contributed by atoms with van der Waals surface area (Å²) in [5.41, 5.74) is 1.26. The minimum atomic E-state index is -2.88. The minimum absolute atomic E-state index is 0.0104. The SMILES string of the molecule is Cc1cnc(C(C)NC(=O)c2ccc(OC(F)F)cc2)[nH]1. The molecule has 0 radical (unpaired) electrons. The van der Waals surface area contributed by atoms with Crippen molar-refractivity contribution < 1.29 is 18.3 Å². The van der Waals surface area contributed by atoms with Gasteiger partial charge in [0.25, 0.3) is 5.91 Å². The van der Waals surface area contributed by atoms with Gasteiger partial charge in [0.1, 0.15) is 11.6 Å². The van der Waals surface area contributed by atoms with Gasteiger partial charge in [-0.1, -0.05) is 0 Å². The van der Waals surface area contributed by atoms with Crippen molar-refractivity contribution in [2.75, 3.05) is 0 Å². The van der Waals surface area contributed by atoms with E-state index in [-0.39, 0.29) is 17.7 Å². The largest absolute Gasteiger partial charge is 0.435 e. The number of aromatic nitrogens is 2. The second-order valence-electron chi connectivity index (χ2n) is 4.55. The van der Waals surface area contributed by atoms with Crippen molar-refractivity contribution in [3.63, 3.8) is 0 Å². The Balaban J connectivity index is 1.99. The summed E-state index contributed by atoms with van der Waals surface area (Å²) in [6, 6.07) is 5.20. The molecule has 0 saturated heterocycles. The second-order valence-corrected chi connectivity index (χ2v) is 4.55. The molecule has 0 aliphatic rings. The lowest BCUT2D eigenvalue weighted by Crippen LogP contribution is -2.27. The zero-order valence-corrected chi connectivity index (χ0v) is 11.6. The first-order chi connectivity index (χ1) is 9.95. The normalized spacial score (nSPS) is 12.2. The Morgan fingerprint density at radius 2 is 2.00 bits per heavy atom. The molecule has 0 aliphatic carbocycles. The predicted octanol–water partition coefficient (Wildman–Crippen LogP) is 2.81. The Hall–Kier alpha value is -2.44. The van der Waals surface area contributed by atoms with E-state index >= 15 is 0 Å². The number of alkyl halides is 2. The number of hydrogen-bond donors (Lipinski definition) is 2. The number of ether oxygens (including phenoxy) is 1. The van der Waals surface area contributed by atoms with Gasteiger partial charge in [-0.3, -0.25) is 4.79 Å². The molecule has 2 N–H and O–H groups in total. The van der Waals surface area contributed by atoms with E-state index in [0.29, 0.717) is 11.4 Å². The monoisotopic (exact) mass is 295 g/mol. The molecule has 1 aromatic carbocycles. The molecule has 2 aromatic rings. The smallest absolute Gasteiger partial charge is 0.387 e. The highest BCUT2D eigenvalue weighted by atomic mass is 19.3. The first kappa shape index (κ1) is 15.0. The summed E-state index contributed by atoms with van der Waals surface area (Å²) in [7, 11) is 0. The molecular formula is C14H15F2N3O2. The van der Waals surface area contributed by atoms with Crippen LogP contribution < -0.4 is 10.1 Å². The quantitative estimate of drug-likeness (QED) is 0.891. The maximum Gasteiger partial charge on any atom is 0.387 e. The van der Waals surface area contributed by atoms with Crippen LogP contribution in [0.15, 0.2) is 30.5 Å². The Bertz CT molecular complexity index is 611. The highest BCUT2D eigenvalue weighted by molar-refractivity contribution is 5.94. The molecule has 1 aromatic heterocycles. The number of nitrogens with zero attached hydrogens (tertiary/aromatic N) is 1.